The number of hydrogen-bond donors (Lipinski definition) is 2. The molecule has 2 N–H and O–H groups in total. The Kier molecular flexibility index (Phi) is 14.4. The molecule has 6 heterocycles. The van der Waals surface area contributed by atoms with E-state index >= 15 is 0 Å². The molecule has 4 aromatic heterocycles. The molecule has 10 rings (SSSR count). The number of hydrogen-bond acceptors (Lipinski definition) is 5. The summed E-state index contributed by atoms with van der Waals surface area (Å²) < 4.78 is 6.17. The SMILES string of the molecule is Cn1c2ccc1c(-c1ccc(Br)cc1)c1nc(c(-c3ccc(Br)cc3)c3ccc([n-]3)c(-c3ccc(Br)cc3)c3nc(c2-c2ccc(Br)cc2)C=C3)-c2nc(CCCCO)c(CCCO)cc2-1.[Ni]. The fraction of sp³-hybridized carbons (Fsp3) is 0.145. The molecule has 0 aliphatic carbocycles. The van der Waals surface area contributed by atoms with Crippen molar-refractivity contribution in [1.29, 1.82) is 0 Å². The number of rotatable bonds is 11. The molecule has 2 aliphatic rings. The molecule has 0 saturated heterocycles. The number of nitrogens with zero attached hydrogens (tertiary/aromatic N) is 5. The van der Waals surface area contributed by atoms with Crippen LogP contribution in [0.3, 0.4) is 0 Å². The van der Waals surface area contributed by atoms with Crippen LogP contribution in [0.4, 0.5) is 0 Å². The summed E-state index contributed by atoms with van der Waals surface area (Å²) in [6.07, 6.45) is 7.61. The molecule has 0 fully saturated rings. The molecule has 0 radical (unpaired) electrons. The van der Waals surface area contributed by atoms with Gasteiger partial charge in [-0.15, -0.1) is 11.0 Å². The Morgan fingerprint density at radius 1 is 0.478 bits per heavy atom. The first-order chi connectivity index (χ1) is 32.2. The number of aliphatic hydroxyl groups is 2. The van der Waals surface area contributed by atoms with Gasteiger partial charge in [-0.1, -0.05) is 124 Å². The average molecular weight is 1180 g/mol. The number of halogens is 4. The van der Waals surface area contributed by atoms with Gasteiger partial charge in [-0.05, 0) is 150 Å². The molecule has 7 nitrogen and oxygen atoms in total. The van der Waals surface area contributed by atoms with Gasteiger partial charge in [0.05, 0.1) is 39.5 Å². The van der Waals surface area contributed by atoms with E-state index in [1.807, 2.05) is 0 Å². The van der Waals surface area contributed by atoms with Gasteiger partial charge >= 0.3 is 0 Å². The van der Waals surface area contributed by atoms with Crippen molar-refractivity contribution in [2.24, 2.45) is 7.05 Å². The zero-order valence-corrected chi connectivity index (χ0v) is 43.5. The first-order valence-electron chi connectivity index (χ1n) is 21.9. The average Bonchev–Trinajstić information content (AvgIpc) is 4.15. The van der Waals surface area contributed by atoms with E-state index in [9.17, 15) is 10.2 Å². The van der Waals surface area contributed by atoms with E-state index in [2.05, 4.69) is 215 Å². The minimum Gasteiger partial charge on any atom is -0.657 e. The van der Waals surface area contributed by atoms with Crippen LogP contribution in [-0.4, -0.2) is 42.9 Å². The minimum absolute atomic E-state index is 0. The van der Waals surface area contributed by atoms with Crippen molar-refractivity contribution in [2.75, 3.05) is 13.2 Å². The van der Waals surface area contributed by atoms with Gasteiger partial charge < -0.3 is 19.8 Å². The first kappa shape index (κ1) is 47.3. The van der Waals surface area contributed by atoms with Crippen LogP contribution in [-0.2, 0) is 36.4 Å². The van der Waals surface area contributed by atoms with Crippen LogP contribution < -0.4 is 4.98 Å². The van der Waals surface area contributed by atoms with Gasteiger partial charge in [-0.3, -0.25) is 4.98 Å². The van der Waals surface area contributed by atoms with Crippen LogP contribution in [0.5, 0.6) is 0 Å². The second-order valence-corrected chi connectivity index (χ2v) is 20.1. The predicted octanol–water partition coefficient (Wildman–Crippen LogP) is 14.8. The maximum atomic E-state index is 10.1. The molecule has 8 bridgehead atoms. The number of aryl methyl sites for hydroxylation is 3. The maximum Gasteiger partial charge on any atom is 0.0990 e. The zero-order chi connectivity index (χ0) is 45.5. The fourth-order valence-electron chi connectivity index (χ4n) is 9.08. The number of unbranched alkanes of at least 4 members (excludes halogenated alkanes) is 1. The van der Waals surface area contributed by atoms with E-state index < -0.39 is 0 Å². The molecule has 2 aliphatic heterocycles. The predicted molar refractivity (Wildman–Crippen MR) is 284 cm³/mol. The summed E-state index contributed by atoms with van der Waals surface area (Å²) in [5, 5.41) is 19.9. The van der Waals surface area contributed by atoms with E-state index in [1.165, 1.54) is 0 Å². The summed E-state index contributed by atoms with van der Waals surface area (Å²) in [4.78, 5) is 22.4. The first-order valence-corrected chi connectivity index (χ1v) is 25.0. The topological polar surface area (TPSA) is 98.2 Å². The van der Waals surface area contributed by atoms with Crippen LogP contribution in [0, 0.1) is 0 Å². The molecule has 338 valence electrons. The minimum atomic E-state index is 0. The number of benzene rings is 4. The largest absolute Gasteiger partial charge is 0.657 e. The van der Waals surface area contributed by atoms with Gasteiger partial charge in [-0.2, -0.15) is 0 Å². The van der Waals surface area contributed by atoms with Crippen molar-refractivity contribution >= 4 is 97.9 Å². The Morgan fingerprint density at radius 3 is 1.51 bits per heavy atom. The van der Waals surface area contributed by atoms with Crippen molar-refractivity contribution in [3.8, 4) is 67.2 Å². The van der Waals surface area contributed by atoms with Gasteiger partial charge in [0.25, 0.3) is 0 Å². The summed E-state index contributed by atoms with van der Waals surface area (Å²) in [5.74, 6) is 0. The summed E-state index contributed by atoms with van der Waals surface area (Å²) in [6.45, 7) is 0.177. The summed E-state index contributed by atoms with van der Waals surface area (Å²) in [6, 6.07) is 44.3. The monoisotopic (exact) mass is 1180 g/mol. The molecule has 0 saturated carbocycles. The number of aliphatic hydroxyl groups excluding tert-OH is 2. The van der Waals surface area contributed by atoms with Crippen LogP contribution in [0.25, 0.3) is 101 Å². The standard InChI is InChI=1S/C55H42Br4N5O2.Ni/c1-64-47-27-28-48(64)52(35-13-21-40(59)22-14-35)53-41-31-36(5-4-30-66)42(6-2-3-29-65)62-54(41)55(63-53)51(34-11-19-39(58)20-12-34)46-26-24-44(61-46)49(32-7-15-37(56)16-8-32)43-23-25-45(60-43)50(47)33-9-17-38(57)18-10-33;/h7-28,31,65-66H,2-6,29-30H2,1H3;/q-1;. The quantitative estimate of drug-likeness (QED) is 0.0989. The van der Waals surface area contributed by atoms with Gasteiger partial charge in [0.1, 0.15) is 0 Å². The molecule has 12 heteroatoms. The Labute approximate surface area is 433 Å². The van der Waals surface area contributed by atoms with Gasteiger partial charge in [-0.25, -0.2) is 9.97 Å². The van der Waals surface area contributed by atoms with Crippen molar-refractivity contribution in [1.82, 2.24) is 24.5 Å². The Morgan fingerprint density at radius 2 is 0.955 bits per heavy atom. The van der Waals surface area contributed by atoms with Gasteiger partial charge in [0.15, 0.2) is 0 Å². The number of aromatic nitrogens is 5. The second kappa shape index (κ2) is 20.4. The van der Waals surface area contributed by atoms with Crippen LogP contribution in [0.1, 0.15) is 41.9 Å². The fourth-order valence-corrected chi connectivity index (χ4v) is 10.1. The summed E-state index contributed by atoms with van der Waals surface area (Å²) in [5.41, 5.74) is 18.0. The van der Waals surface area contributed by atoms with E-state index in [0.29, 0.717) is 25.7 Å². The third-order valence-corrected chi connectivity index (χ3v) is 14.4. The normalized spacial score (nSPS) is 11.7. The maximum absolute atomic E-state index is 10.1. The molecule has 0 unspecified atom stereocenters. The second-order valence-electron chi connectivity index (χ2n) is 16.4. The van der Waals surface area contributed by atoms with E-state index in [1.54, 1.807) is 0 Å². The molecular formula is C55H42Br4N5NiO2-. The Balaban J connectivity index is 0.00000562. The van der Waals surface area contributed by atoms with Crippen molar-refractivity contribution in [3.05, 3.63) is 168 Å². The smallest absolute Gasteiger partial charge is 0.0990 e. The third-order valence-electron chi connectivity index (χ3n) is 12.3. The zero-order valence-electron chi connectivity index (χ0n) is 36.2. The number of fused-ring (bicyclic) bond motifs is 11. The van der Waals surface area contributed by atoms with E-state index in [4.69, 9.17) is 19.9 Å². The van der Waals surface area contributed by atoms with Gasteiger partial charge in [0, 0.05) is 77.0 Å². The van der Waals surface area contributed by atoms with Gasteiger partial charge in [0.2, 0.25) is 0 Å². The van der Waals surface area contributed by atoms with Crippen molar-refractivity contribution in [2.45, 2.75) is 32.1 Å². The number of pyridine rings is 1. The molecule has 67 heavy (non-hydrogen) atoms. The van der Waals surface area contributed by atoms with Crippen LogP contribution >= 0.6 is 63.7 Å². The van der Waals surface area contributed by atoms with E-state index in [-0.39, 0.29) is 29.7 Å². The van der Waals surface area contributed by atoms with Crippen LogP contribution in [0.15, 0.2) is 145 Å². The summed E-state index contributed by atoms with van der Waals surface area (Å²) in [7, 11) is 2.12. The molecule has 4 aromatic carbocycles. The Bertz CT molecular complexity index is 3350. The molecular weight excluding hydrogens is 1140 g/mol. The van der Waals surface area contributed by atoms with Crippen molar-refractivity contribution < 1.29 is 26.7 Å². The van der Waals surface area contributed by atoms with Crippen molar-refractivity contribution in [3.63, 3.8) is 0 Å². The third kappa shape index (κ3) is 9.39. The molecule has 0 atom stereocenters. The molecule has 8 aromatic rings. The molecule has 0 spiro atoms. The van der Waals surface area contributed by atoms with E-state index in [0.717, 1.165) is 136 Å². The summed E-state index contributed by atoms with van der Waals surface area (Å²) >= 11 is 14.7. The van der Waals surface area contributed by atoms with Crippen LogP contribution in [0.2, 0.25) is 0 Å². The Hall–Kier alpha value is -4.78. The molecule has 0 amide bonds.